The van der Waals surface area contributed by atoms with Gasteiger partial charge in [-0.15, -0.1) is 0 Å². The summed E-state index contributed by atoms with van der Waals surface area (Å²) < 4.78 is 4.99. The molecule has 0 fully saturated rings. The van der Waals surface area contributed by atoms with E-state index in [0.29, 0.717) is 12.1 Å². The van der Waals surface area contributed by atoms with E-state index < -0.39 is 5.54 Å². The second kappa shape index (κ2) is 6.71. The predicted octanol–water partition coefficient (Wildman–Crippen LogP) is 3.61. The molecule has 2 aromatic rings. The molecule has 0 saturated carbocycles. The summed E-state index contributed by atoms with van der Waals surface area (Å²) in [4.78, 5) is 27.3. The fourth-order valence-electron chi connectivity index (χ4n) is 3.70. The van der Waals surface area contributed by atoms with Crippen LogP contribution in [0.5, 0.6) is 0 Å². The van der Waals surface area contributed by atoms with Gasteiger partial charge in [0.05, 0.1) is 13.5 Å². The van der Waals surface area contributed by atoms with E-state index >= 15 is 0 Å². The van der Waals surface area contributed by atoms with E-state index in [1.165, 1.54) is 7.11 Å². The van der Waals surface area contributed by atoms with Gasteiger partial charge in [-0.25, -0.2) is 0 Å². The fourth-order valence-corrected chi connectivity index (χ4v) is 3.70. The first-order valence-electron chi connectivity index (χ1n) is 8.54. The summed E-state index contributed by atoms with van der Waals surface area (Å²) in [6, 6.07) is 17.3. The van der Waals surface area contributed by atoms with Crippen molar-refractivity contribution in [3.63, 3.8) is 0 Å². The van der Waals surface area contributed by atoms with Gasteiger partial charge in [-0.1, -0.05) is 62.4 Å². The maximum Gasteiger partial charge on any atom is 0.308 e. The molecule has 25 heavy (non-hydrogen) atoms. The van der Waals surface area contributed by atoms with Crippen LogP contribution in [0.1, 0.15) is 41.8 Å². The van der Waals surface area contributed by atoms with Crippen LogP contribution in [0, 0.1) is 5.92 Å². The maximum absolute atomic E-state index is 13.2. The zero-order valence-corrected chi connectivity index (χ0v) is 14.9. The molecule has 1 amide bonds. The number of carbonyl (C=O) groups is 2. The van der Waals surface area contributed by atoms with E-state index in [1.54, 1.807) is 0 Å². The van der Waals surface area contributed by atoms with Crippen LogP contribution < -0.4 is 0 Å². The van der Waals surface area contributed by atoms with E-state index in [4.69, 9.17) is 4.74 Å². The van der Waals surface area contributed by atoms with Crippen molar-refractivity contribution in [2.24, 2.45) is 5.92 Å². The Morgan fingerprint density at radius 1 is 1.08 bits per heavy atom. The van der Waals surface area contributed by atoms with Crippen molar-refractivity contribution in [3.05, 3.63) is 71.3 Å². The average Bonchev–Trinajstić information content (AvgIpc) is 2.85. The zero-order chi connectivity index (χ0) is 18.0. The lowest BCUT2D eigenvalue weighted by molar-refractivity contribution is -0.143. The van der Waals surface area contributed by atoms with Crippen molar-refractivity contribution >= 4 is 11.9 Å². The molecule has 0 bridgehead atoms. The summed E-state index contributed by atoms with van der Waals surface area (Å²) in [7, 11) is 1.39. The van der Waals surface area contributed by atoms with Crippen molar-refractivity contribution in [1.29, 1.82) is 0 Å². The van der Waals surface area contributed by atoms with Gasteiger partial charge in [0, 0.05) is 12.1 Å². The van der Waals surface area contributed by atoms with E-state index in [2.05, 4.69) is 13.8 Å². The summed E-state index contributed by atoms with van der Waals surface area (Å²) in [6.07, 6.45) is 0.100. The van der Waals surface area contributed by atoms with Gasteiger partial charge in [0.15, 0.2) is 0 Å². The van der Waals surface area contributed by atoms with Crippen LogP contribution in [0.25, 0.3) is 0 Å². The molecule has 1 aliphatic rings. The Bertz CT molecular complexity index is 785. The number of nitrogens with zero attached hydrogens (tertiary/aromatic N) is 1. The third-order valence-electron chi connectivity index (χ3n) is 4.74. The topological polar surface area (TPSA) is 46.6 Å². The highest BCUT2D eigenvalue weighted by molar-refractivity contribution is 6.01. The van der Waals surface area contributed by atoms with Crippen LogP contribution in [0.4, 0.5) is 0 Å². The fraction of sp³-hybridized carbons (Fsp3) is 0.333. The second-order valence-corrected chi connectivity index (χ2v) is 6.83. The molecule has 0 N–H and O–H groups in total. The van der Waals surface area contributed by atoms with Crippen LogP contribution in [0.15, 0.2) is 54.6 Å². The highest BCUT2D eigenvalue weighted by Crippen LogP contribution is 2.47. The molecule has 0 aliphatic carbocycles. The Balaban J connectivity index is 2.27. The number of fused-ring (bicyclic) bond motifs is 1. The van der Waals surface area contributed by atoms with Gasteiger partial charge in [0.2, 0.25) is 0 Å². The lowest BCUT2D eigenvalue weighted by atomic mass is 9.79. The Morgan fingerprint density at radius 3 is 2.36 bits per heavy atom. The lowest BCUT2D eigenvalue weighted by Gasteiger charge is -2.40. The number of amides is 1. The maximum atomic E-state index is 13.2. The SMILES string of the molecule is COC(=O)CC1(c2ccccc2)c2ccccc2C(=O)N1CC(C)C. The number of ether oxygens (including phenoxy) is 1. The van der Waals surface area contributed by atoms with E-state index in [9.17, 15) is 9.59 Å². The van der Waals surface area contributed by atoms with Gasteiger partial charge >= 0.3 is 5.97 Å². The summed E-state index contributed by atoms with van der Waals surface area (Å²) in [5.41, 5.74) is 1.64. The highest BCUT2D eigenvalue weighted by atomic mass is 16.5. The van der Waals surface area contributed by atoms with Gasteiger partial charge in [-0.2, -0.15) is 0 Å². The monoisotopic (exact) mass is 337 g/mol. The minimum absolute atomic E-state index is 0.0305. The Morgan fingerprint density at radius 2 is 1.72 bits per heavy atom. The molecule has 1 aliphatic heterocycles. The van der Waals surface area contributed by atoms with Crippen molar-refractivity contribution in [1.82, 2.24) is 4.90 Å². The molecule has 1 heterocycles. The lowest BCUT2D eigenvalue weighted by Crippen LogP contribution is -2.48. The van der Waals surface area contributed by atoms with Gasteiger partial charge in [0.1, 0.15) is 5.54 Å². The average molecular weight is 337 g/mol. The molecule has 0 saturated heterocycles. The molecule has 2 aromatic carbocycles. The number of benzene rings is 2. The summed E-state index contributed by atoms with van der Waals surface area (Å²) in [5, 5.41) is 0. The molecule has 0 radical (unpaired) electrons. The molecule has 130 valence electrons. The third-order valence-corrected chi connectivity index (χ3v) is 4.74. The van der Waals surface area contributed by atoms with Crippen LogP contribution in [0.2, 0.25) is 0 Å². The molecule has 1 atom stereocenters. The minimum Gasteiger partial charge on any atom is -0.469 e. The molecule has 0 spiro atoms. The molecule has 3 rings (SSSR count). The molecule has 1 unspecified atom stereocenters. The van der Waals surface area contributed by atoms with E-state index in [-0.39, 0.29) is 24.2 Å². The first kappa shape index (κ1) is 17.2. The van der Waals surface area contributed by atoms with Crippen LogP contribution >= 0.6 is 0 Å². The van der Waals surface area contributed by atoms with Crippen LogP contribution in [-0.2, 0) is 15.1 Å². The molecular weight excluding hydrogens is 314 g/mol. The number of hydrogen-bond acceptors (Lipinski definition) is 3. The minimum atomic E-state index is -0.827. The third kappa shape index (κ3) is 2.82. The standard InChI is InChI=1S/C21H23NO3/c1-15(2)14-22-20(24)17-11-7-8-12-18(17)21(22,13-19(23)25-3)16-9-5-4-6-10-16/h4-12,15H,13-14H2,1-3H3. The van der Waals surface area contributed by atoms with Crippen molar-refractivity contribution in [2.45, 2.75) is 25.8 Å². The van der Waals surface area contributed by atoms with E-state index in [1.807, 2.05) is 59.5 Å². The normalized spacial score (nSPS) is 19.2. The van der Waals surface area contributed by atoms with Crippen LogP contribution in [-0.4, -0.2) is 30.4 Å². The molecule has 0 aromatic heterocycles. The van der Waals surface area contributed by atoms with Gasteiger partial charge in [-0.3, -0.25) is 9.59 Å². The summed E-state index contributed by atoms with van der Waals surface area (Å²) in [5.74, 6) is -0.0850. The quantitative estimate of drug-likeness (QED) is 0.783. The second-order valence-electron chi connectivity index (χ2n) is 6.83. The first-order valence-corrected chi connectivity index (χ1v) is 8.54. The first-order chi connectivity index (χ1) is 12.0. The number of carbonyl (C=O) groups excluding carboxylic acids is 2. The predicted molar refractivity (Wildman–Crippen MR) is 96.2 cm³/mol. The number of methoxy groups -OCH3 is 1. The largest absolute Gasteiger partial charge is 0.469 e. The van der Waals surface area contributed by atoms with Gasteiger partial charge < -0.3 is 9.64 Å². The Kier molecular flexibility index (Phi) is 4.62. The van der Waals surface area contributed by atoms with E-state index in [0.717, 1.165) is 11.1 Å². The molecule has 4 nitrogen and oxygen atoms in total. The Labute approximate surface area is 148 Å². The Hall–Kier alpha value is -2.62. The highest BCUT2D eigenvalue weighted by Gasteiger charge is 2.52. The molecule has 4 heteroatoms. The number of hydrogen-bond donors (Lipinski definition) is 0. The van der Waals surface area contributed by atoms with Crippen molar-refractivity contribution in [3.8, 4) is 0 Å². The number of rotatable bonds is 5. The summed E-state index contributed by atoms with van der Waals surface area (Å²) >= 11 is 0. The van der Waals surface area contributed by atoms with Gasteiger partial charge in [0.25, 0.3) is 5.91 Å². The molecular formula is C21H23NO3. The van der Waals surface area contributed by atoms with Gasteiger partial charge in [-0.05, 0) is 23.1 Å². The number of esters is 1. The summed E-state index contributed by atoms with van der Waals surface area (Å²) in [6.45, 7) is 4.72. The van der Waals surface area contributed by atoms with Crippen LogP contribution in [0.3, 0.4) is 0 Å². The van der Waals surface area contributed by atoms with Crippen molar-refractivity contribution in [2.75, 3.05) is 13.7 Å². The smallest absolute Gasteiger partial charge is 0.308 e. The zero-order valence-electron chi connectivity index (χ0n) is 14.9. The van der Waals surface area contributed by atoms with Crippen molar-refractivity contribution < 1.29 is 14.3 Å².